The van der Waals surface area contributed by atoms with Gasteiger partial charge in [-0.2, -0.15) is 0 Å². The highest BCUT2D eigenvalue weighted by atomic mass is 35.5. The van der Waals surface area contributed by atoms with E-state index in [0.717, 1.165) is 5.75 Å². The predicted molar refractivity (Wildman–Crippen MR) is 84.1 cm³/mol. The van der Waals surface area contributed by atoms with E-state index in [9.17, 15) is 9.90 Å². The molecule has 1 aromatic heterocycles. The summed E-state index contributed by atoms with van der Waals surface area (Å²) in [5.41, 5.74) is 0.0482. The third kappa shape index (κ3) is 4.03. The van der Waals surface area contributed by atoms with Crippen molar-refractivity contribution in [3.8, 4) is 11.5 Å². The molecule has 0 unspecified atom stereocenters. The fourth-order valence-corrected chi connectivity index (χ4v) is 2.48. The van der Waals surface area contributed by atoms with Crippen LogP contribution in [0.15, 0.2) is 35.5 Å². The van der Waals surface area contributed by atoms with Crippen LogP contribution in [0.3, 0.4) is 0 Å². The van der Waals surface area contributed by atoms with Gasteiger partial charge in [0.15, 0.2) is 5.75 Å². The Kier molecular flexibility index (Phi) is 5.33. The molecule has 2 aromatic rings. The molecule has 0 bridgehead atoms. The summed E-state index contributed by atoms with van der Waals surface area (Å²) in [6.45, 7) is 1.97. The molecule has 0 saturated carbocycles. The van der Waals surface area contributed by atoms with Crippen molar-refractivity contribution in [3.05, 3.63) is 46.1 Å². The molecule has 4 nitrogen and oxygen atoms in total. The summed E-state index contributed by atoms with van der Waals surface area (Å²) in [4.78, 5) is 15.5. The molecule has 2 rings (SSSR count). The number of aromatic nitrogens is 1. The highest BCUT2D eigenvalue weighted by Crippen LogP contribution is 2.31. The Labute approximate surface area is 136 Å². The van der Waals surface area contributed by atoms with Gasteiger partial charge in [0.1, 0.15) is 11.3 Å². The van der Waals surface area contributed by atoms with Crippen LogP contribution in [0.5, 0.6) is 11.5 Å². The minimum Gasteiger partial charge on any atom is -0.478 e. The van der Waals surface area contributed by atoms with Crippen molar-refractivity contribution in [1.29, 1.82) is 0 Å². The number of nitrogens with zero attached hydrogens (tertiary/aromatic N) is 1. The Morgan fingerprint density at radius 3 is 2.71 bits per heavy atom. The molecule has 1 N–H and O–H groups in total. The molecule has 0 aliphatic carbocycles. The molecule has 0 radical (unpaired) electrons. The third-order valence-corrected chi connectivity index (χ3v) is 4.03. The highest BCUT2D eigenvalue weighted by molar-refractivity contribution is 7.99. The molecule has 21 heavy (non-hydrogen) atoms. The summed E-state index contributed by atoms with van der Waals surface area (Å²) in [5.74, 6) is 0.273. The Hall–Kier alpha value is -1.43. The van der Waals surface area contributed by atoms with Crippen LogP contribution < -0.4 is 4.74 Å². The number of hydrogen-bond acceptors (Lipinski definition) is 4. The Bertz CT molecular complexity index is 679. The molecule has 110 valence electrons. The number of carbonyl (C=O) groups is 1. The zero-order valence-electron chi connectivity index (χ0n) is 11.0. The second-order valence-electron chi connectivity index (χ2n) is 3.93. The zero-order chi connectivity index (χ0) is 15.4. The number of carboxylic acids is 1. The maximum absolute atomic E-state index is 11.3. The quantitative estimate of drug-likeness (QED) is 0.774. The first-order valence-electron chi connectivity index (χ1n) is 6.00. The van der Waals surface area contributed by atoms with Gasteiger partial charge in [-0.25, -0.2) is 9.78 Å². The van der Waals surface area contributed by atoms with E-state index < -0.39 is 5.97 Å². The van der Waals surface area contributed by atoms with E-state index in [4.69, 9.17) is 27.9 Å². The van der Waals surface area contributed by atoms with Crippen LogP contribution in [0, 0.1) is 0 Å². The molecule has 0 saturated heterocycles. The molecule has 0 fully saturated rings. The second kappa shape index (κ2) is 7.02. The number of pyridine rings is 1. The molecular weight excluding hydrogens is 333 g/mol. The maximum Gasteiger partial charge on any atom is 0.339 e. The van der Waals surface area contributed by atoms with Crippen molar-refractivity contribution in [2.75, 3.05) is 5.75 Å². The van der Waals surface area contributed by atoms with E-state index in [0.29, 0.717) is 20.8 Å². The Morgan fingerprint density at radius 1 is 1.33 bits per heavy atom. The second-order valence-corrected chi connectivity index (χ2v) is 6.03. The molecule has 0 aliphatic rings. The van der Waals surface area contributed by atoms with E-state index in [1.807, 2.05) is 6.92 Å². The Balaban J connectivity index is 2.34. The lowest BCUT2D eigenvalue weighted by molar-refractivity contribution is 0.0693. The van der Waals surface area contributed by atoms with Crippen molar-refractivity contribution in [1.82, 2.24) is 4.98 Å². The number of ether oxygens (including phenoxy) is 1. The number of carboxylic acid groups (broad SMARTS) is 1. The van der Waals surface area contributed by atoms with Crippen LogP contribution >= 0.6 is 35.0 Å². The standard InChI is InChI=1S/C14H11Cl2NO3S/c1-2-21-13-6-9(14(18)19)12(7-17-13)20-8-3-4-10(15)11(16)5-8/h3-7H,2H2,1H3,(H,18,19). The van der Waals surface area contributed by atoms with Gasteiger partial charge < -0.3 is 9.84 Å². The van der Waals surface area contributed by atoms with Crippen LogP contribution in [-0.4, -0.2) is 21.8 Å². The fourth-order valence-electron chi connectivity index (χ4n) is 1.57. The highest BCUT2D eigenvalue weighted by Gasteiger charge is 2.15. The summed E-state index contributed by atoms with van der Waals surface area (Å²) >= 11 is 13.2. The first kappa shape index (κ1) is 15.9. The van der Waals surface area contributed by atoms with E-state index in [-0.39, 0.29) is 11.3 Å². The minimum absolute atomic E-state index is 0.0482. The van der Waals surface area contributed by atoms with Gasteiger partial charge in [-0.05, 0) is 24.0 Å². The molecule has 0 spiro atoms. The van der Waals surface area contributed by atoms with Gasteiger partial charge in [-0.1, -0.05) is 30.1 Å². The van der Waals surface area contributed by atoms with Gasteiger partial charge in [-0.3, -0.25) is 0 Å². The maximum atomic E-state index is 11.3. The number of thioether (sulfide) groups is 1. The third-order valence-electron chi connectivity index (χ3n) is 2.48. The average molecular weight is 344 g/mol. The molecule has 1 heterocycles. The molecule has 0 aliphatic heterocycles. The van der Waals surface area contributed by atoms with Gasteiger partial charge in [0.2, 0.25) is 0 Å². The summed E-state index contributed by atoms with van der Waals surface area (Å²) in [5, 5.41) is 10.6. The van der Waals surface area contributed by atoms with Gasteiger partial charge in [0.05, 0.1) is 21.3 Å². The van der Waals surface area contributed by atoms with Crippen molar-refractivity contribution in [2.45, 2.75) is 11.9 Å². The van der Waals surface area contributed by atoms with Crippen LogP contribution in [0.1, 0.15) is 17.3 Å². The van der Waals surface area contributed by atoms with Crippen LogP contribution in [-0.2, 0) is 0 Å². The first-order chi connectivity index (χ1) is 10.0. The smallest absolute Gasteiger partial charge is 0.339 e. The largest absolute Gasteiger partial charge is 0.478 e. The lowest BCUT2D eigenvalue weighted by Gasteiger charge is -2.10. The van der Waals surface area contributed by atoms with E-state index >= 15 is 0 Å². The summed E-state index contributed by atoms with van der Waals surface area (Å²) in [7, 11) is 0. The van der Waals surface area contributed by atoms with E-state index in [1.54, 1.807) is 12.1 Å². The number of halogens is 2. The minimum atomic E-state index is -1.08. The predicted octanol–water partition coefficient (Wildman–Crippen LogP) is 4.99. The molecule has 1 aromatic carbocycles. The van der Waals surface area contributed by atoms with Gasteiger partial charge in [0.25, 0.3) is 0 Å². The van der Waals surface area contributed by atoms with Crippen LogP contribution in [0.2, 0.25) is 10.0 Å². The summed E-state index contributed by atoms with van der Waals surface area (Å²) < 4.78 is 5.54. The normalized spacial score (nSPS) is 10.4. The zero-order valence-corrected chi connectivity index (χ0v) is 13.3. The number of aromatic carboxylic acids is 1. The van der Waals surface area contributed by atoms with Gasteiger partial charge >= 0.3 is 5.97 Å². The average Bonchev–Trinajstić information content (AvgIpc) is 2.44. The van der Waals surface area contributed by atoms with Gasteiger partial charge in [-0.15, -0.1) is 11.8 Å². The van der Waals surface area contributed by atoms with Crippen LogP contribution in [0.4, 0.5) is 0 Å². The Morgan fingerprint density at radius 2 is 2.10 bits per heavy atom. The lowest BCUT2D eigenvalue weighted by Crippen LogP contribution is -2.01. The topological polar surface area (TPSA) is 59.4 Å². The number of hydrogen-bond donors (Lipinski definition) is 1. The molecule has 7 heteroatoms. The molecule has 0 amide bonds. The van der Waals surface area contributed by atoms with Crippen molar-refractivity contribution >= 4 is 40.9 Å². The van der Waals surface area contributed by atoms with Crippen molar-refractivity contribution < 1.29 is 14.6 Å². The van der Waals surface area contributed by atoms with Crippen molar-refractivity contribution in [3.63, 3.8) is 0 Å². The summed E-state index contributed by atoms with van der Waals surface area (Å²) in [6.07, 6.45) is 1.39. The monoisotopic (exact) mass is 343 g/mol. The van der Waals surface area contributed by atoms with Crippen molar-refractivity contribution in [2.24, 2.45) is 0 Å². The number of rotatable bonds is 5. The van der Waals surface area contributed by atoms with E-state index in [2.05, 4.69) is 4.98 Å². The lowest BCUT2D eigenvalue weighted by atomic mass is 10.2. The molecule has 0 atom stereocenters. The van der Waals surface area contributed by atoms with Gasteiger partial charge in [0, 0.05) is 6.07 Å². The first-order valence-corrected chi connectivity index (χ1v) is 7.74. The van der Waals surface area contributed by atoms with E-state index in [1.165, 1.54) is 30.1 Å². The molecular formula is C14H11Cl2NO3S. The number of benzene rings is 1. The summed E-state index contributed by atoms with van der Waals surface area (Å²) in [6, 6.07) is 6.19. The fraction of sp³-hybridized carbons (Fsp3) is 0.143. The SMILES string of the molecule is CCSc1cc(C(=O)O)c(Oc2ccc(Cl)c(Cl)c2)cn1. The van der Waals surface area contributed by atoms with Crippen LogP contribution in [0.25, 0.3) is 0 Å².